The fourth-order valence-electron chi connectivity index (χ4n) is 3.84. The first kappa shape index (κ1) is 16.2. The van der Waals surface area contributed by atoms with E-state index in [2.05, 4.69) is 27.3 Å². The van der Waals surface area contributed by atoms with E-state index in [4.69, 9.17) is 0 Å². The molecule has 0 N–H and O–H groups in total. The molecule has 0 unspecified atom stereocenters. The highest BCUT2D eigenvalue weighted by molar-refractivity contribution is 6.10. The molecule has 1 amide bonds. The van der Waals surface area contributed by atoms with Gasteiger partial charge < -0.3 is 9.47 Å². The van der Waals surface area contributed by atoms with Crippen molar-refractivity contribution in [2.24, 2.45) is 7.05 Å². The van der Waals surface area contributed by atoms with Gasteiger partial charge in [-0.15, -0.1) is 10.2 Å². The second-order valence-corrected chi connectivity index (χ2v) is 7.42. The number of nitrogens with zero attached hydrogens (tertiary/aromatic N) is 5. The summed E-state index contributed by atoms with van der Waals surface area (Å²) in [4.78, 5) is 19.4. The van der Waals surface area contributed by atoms with Gasteiger partial charge in [0, 0.05) is 48.1 Å². The smallest absolute Gasteiger partial charge is 0.259 e. The molecule has 1 aliphatic heterocycles. The van der Waals surface area contributed by atoms with Gasteiger partial charge in [-0.05, 0) is 43.0 Å². The lowest BCUT2D eigenvalue weighted by Gasteiger charge is -2.17. The Bertz CT molecular complexity index is 1020. The van der Waals surface area contributed by atoms with E-state index in [0.717, 1.165) is 41.2 Å². The average Bonchev–Trinajstić information content (AvgIpc) is 3.37. The zero-order valence-electron chi connectivity index (χ0n) is 15.3. The van der Waals surface area contributed by atoms with Gasteiger partial charge in [-0.3, -0.25) is 9.78 Å². The van der Waals surface area contributed by atoms with Gasteiger partial charge in [0.1, 0.15) is 12.2 Å². The first-order valence-electron chi connectivity index (χ1n) is 9.42. The number of carbonyl (C=O) groups is 1. The number of aryl methyl sites for hydroxylation is 3. The van der Waals surface area contributed by atoms with E-state index in [1.54, 1.807) is 12.5 Å². The number of anilines is 1. The number of hydrogen-bond acceptors (Lipinski definition) is 4. The van der Waals surface area contributed by atoms with Gasteiger partial charge in [0.2, 0.25) is 0 Å². The predicted molar refractivity (Wildman–Crippen MR) is 102 cm³/mol. The molecule has 1 saturated carbocycles. The van der Waals surface area contributed by atoms with Crippen LogP contribution in [0.25, 0.3) is 0 Å². The molecular formula is C21H21N5O. The summed E-state index contributed by atoms with van der Waals surface area (Å²) in [5.74, 6) is 1.59. The highest BCUT2D eigenvalue weighted by atomic mass is 16.2. The summed E-state index contributed by atoms with van der Waals surface area (Å²) < 4.78 is 1.94. The van der Waals surface area contributed by atoms with Crippen molar-refractivity contribution in [2.45, 2.75) is 38.1 Å². The zero-order valence-corrected chi connectivity index (χ0v) is 15.3. The van der Waals surface area contributed by atoms with Crippen molar-refractivity contribution in [1.82, 2.24) is 19.7 Å². The van der Waals surface area contributed by atoms with Crippen LogP contribution in [0.2, 0.25) is 0 Å². The minimum atomic E-state index is 0.0831. The summed E-state index contributed by atoms with van der Waals surface area (Å²) in [5, 5.41) is 8.07. The minimum absolute atomic E-state index is 0.0831. The van der Waals surface area contributed by atoms with Crippen LogP contribution in [0.4, 0.5) is 5.69 Å². The lowest BCUT2D eigenvalue weighted by molar-refractivity contribution is 0.0996. The van der Waals surface area contributed by atoms with Crippen LogP contribution in [-0.4, -0.2) is 25.7 Å². The van der Waals surface area contributed by atoms with Crippen molar-refractivity contribution >= 4 is 11.6 Å². The van der Waals surface area contributed by atoms with E-state index in [-0.39, 0.29) is 5.91 Å². The Morgan fingerprint density at radius 2 is 2.07 bits per heavy atom. The molecule has 0 radical (unpaired) electrons. The summed E-state index contributed by atoms with van der Waals surface area (Å²) in [7, 11) is 1.96. The third kappa shape index (κ3) is 2.91. The molecular weight excluding hydrogens is 338 g/mol. The van der Waals surface area contributed by atoms with Crippen LogP contribution < -0.4 is 4.90 Å². The van der Waals surface area contributed by atoms with Crippen LogP contribution in [0, 0.1) is 0 Å². The van der Waals surface area contributed by atoms with Gasteiger partial charge in [0.25, 0.3) is 5.91 Å². The van der Waals surface area contributed by atoms with Crippen molar-refractivity contribution in [1.29, 1.82) is 0 Å². The molecule has 3 heterocycles. The van der Waals surface area contributed by atoms with Gasteiger partial charge in [0.15, 0.2) is 0 Å². The van der Waals surface area contributed by atoms with Crippen LogP contribution in [0.15, 0.2) is 42.9 Å². The second-order valence-electron chi connectivity index (χ2n) is 7.42. The number of carbonyl (C=O) groups excluding carboxylic acids is 1. The molecule has 0 saturated heterocycles. The zero-order chi connectivity index (χ0) is 18.4. The highest BCUT2D eigenvalue weighted by Crippen LogP contribution is 2.43. The van der Waals surface area contributed by atoms with Gasteiger partial charge >= 0.3 is 0 Å². The normalized spacial score (nSPS) is 16.0. The average molecular weight is 359 g/mol. The van der Waals surface area contributed by atoms with E-state index in [1.165, 1.54) is 18.4 Å². The number of amides is 1. The Balaban J connectivity index is 1.38. The lowest BCUT2D eigenvalue weighted by Crippen LogP contribution is -2.23. The first-order chi connectivity index (χ1) is 13.2. The monoisotopic (exact) mass is 359 g/mol. The number of rotatable bonds is 5. The molecule has 1 aromatic carbocycles. The summed E-state index contributed by atoms with van der Waals surface area (Å²) in [6.45, 7) is 0.626. The standard InChI is InChI=1S/C21H21N5O/c1-25-13-23-24-19(25)8-5-14-3-2-4-16(11-14)26-12-18-17(21(26)27)9-10-22-20(18)15-6-7-15/h2-4,9-11,13,15H,5-8,12H2,1H3. The third-order valence-electron chi connectivity index (χ3n) is 5.51. The second kappa shape index (κ2) is 6.30. The Kier molecular flexibility index (Phi) is 3.77. The Hall–Kier alpha value is -3.02. The summed E-state index contributed by atoms with van der Waals surface area (Å²) in [6.07, 6.45) is 7.57. The van der Waals surface area contributed by atoms with Crippen LogP contribution in [0.5, 0.6) is 0 Å². The van der Waals surface area contributed by atoms with Gasteiger partial charge in [-0.1, -0.05) is 12.1 Å². The van der Waals surface area contributed by atoms with Gasteiger partial charge in [-0.25, -0.2) is 0 Å². The van der Waals surface area contributed by atoms with Crippen molar-refractivity contribution < 1.29 is 4.79 Å². The molecule has 0 bridgehead atoms. The maximum Gasteiger partial charge on any atom is 0.259 e. The number of benzene rings is 1. The molecule has 3 aromatic rings. The summed E-state index contributed by atoms with van der Waals surface area (Å²) in [5.41, 5.74) is 5.21. The predicted octanol–water partition coefficient (Wildman–Crippen LogP) is 3.03. The lowest BCUT2D eigenvalue weighted by atomic mass is 10.1. The fourth-order valence-corrected chi connectivity index (χ4v) is 3.84. The van der Waals surface area contributed by atoms with Gasteiger partial charge in [0.05, 0.1) is 6.54 Å². The van der Waals surface area contributed by atoms with Crippen LogP contribution in [0.1, 0.15) is 51.8 Å². The molecule has 0 spiro atoms. The molecule has 5 rings (SSSR count). The molecule has 27 heavy (non-hydrogen) atoms. The van der Waals surface area contributed by atoms with Gasteiger partial charge in [-0.2, -0.15) is 0 Å². The van der Waals surface area contributed by atoms with Crippen molar-refractivity contribution in [3.05, 3.63) is 71.1 Å². The molecule has 6 heteroatoms. The van der Waals surface area contributed by atoms with Crippen LogP contribution in [-0.2, 0) is 26.4 Å². The third-order valence-corrected chi connectivity index (χ3v) is 5.51. The van der Waals surface area contributed by atoms with E-state index in [1.807, 2.05) is 34.7 Å². The fraction of sp³-hybridized carbons (Fsp3) is 0.333. The molecule has 1 fully saturated rings. The molecule has 2 aliphatic rings. The first-order valence-corrected chi connectivity index (χ1v) is 9.42. The Morgan fingerprint density at radius 3 is 2.85 bits per heavy atom. The molecule has 136 valence electrons. The van der Waals surface area contributed by atoms with Crippen molar-refractivity contribution in [3.63, 3.8) is 0 Å². The maximum atomic E-state index is 13.0. The highest BCUT2D eigenvalue weighted by Gasteiger charge is 2.36. The topological polar surface area (TPSA) is 63.9 Å². The van der Waals surface area contributed by atoms with E-state index >= 15 is 0 Å². The molecule has 6 nitrogen and oxygen atoms in total. The summed E-state index contributed by atoms with van der Waals surface area (Å²) in [6, 6.07) is 10.1. The number of pyridine rings is 1. The number of fused-ring (bicyclic) bond motifs is 1. The Morgan fingerprint density at radius 1 is 1.19 bits per heavy atom. The Labute approximate surface area is 157 Å². The molecule has 2 aromatic heterocycles. The van der Waals surface area contributed by atoms with E-state index in [0.29, 0.717) is 12.5 Å². The maximum absolute atomic E-state index is 13.0. The quantitative estimate of drug-likeness (QED) is 0.702. The SMILES string of the molecule is Cn1cnnc1CCc1cccc(N2Cc3c(ccnc3C3CC3)C2=O)c1. The van der Waals surface area contributed by atoms with Crippen LogP contribution >= 0.6 is 0 Å². The number of hydrogen-bond donors (Lipinski definition) is 0. The van der Waals surface area contributed by atoms with Crippen LogP contribution in [0.3, 0.4) is 0 Å². The molecule has 1 aliphatic carbocycles. The van der Waals surface area contributed by atoms with Crippen molar-refractivity contribution in [3.8, 4) is 0 Å². The largest absolute Gasteiger partial charge is 0.321 e. The minimum Gasteiger partial charge on any atom is -0.321 e. The van der Waals surface area contributed by atoms with Crippen molar-refractivity contribution in [2.75, 3.05) is 4.90 Å². The van der Waals surface area contributed by atoms with E-state index < -0.39 is 0 Å². The molecule has 0 atom stereocenters. The van der Waals surface area contributed by atoms with E-state index in [9.17, 15) is 4.79 Å². The number of aromatic nitrogens is 4. The summed E-state index contributed by atoms with van der Waals surface area (Å²) >= 11 is 0.